The maximum atomic E-state index is 15.3. The monoisotopic (exact) mass is 1540 g/mol. The summed E-state index contributed by atoms with van der Waals surface area (Å²) < 4.78 is 30.8. The van der Waals surface area contributed by atoms with Gasteiger partial charge in [0.2, 0.25) is 5.75 Å². The quantitative estimate of drug-likeness (QED) is 0.0258. The van der Waals surface area contributed by atoms with Crippen molar-refractivity contribution in [2.75, 3.05) is 66.4 Å². The number of rotatable bonds is 64. The van der Waals surface area contributed by atoms with E-state index in [1.807, 2.05) is 120 Å². The van der Waals surface area contributed by atoms with Gasteiger partial charge in [-0.2, -0.15) is 0 Å². The van der Waals surface area contributed by atoms with Crippen LogP contribution in [-0.2, 0) is 30.3 Å². The summed E-state index contributed by atoms with van der Waals surface area (Å²) in [6.45, 7) is 24.1. The highest BCUT2D eigenvalue weighted by Gasteiger charge is 2.36. The van der Waals surface area contributed by atoms with Crippen LogP contribution in [-0.4, -0.2) is 123 Å². The number of ether oxygens (including phenoxy) is 5. The van der Waals surface area contributed by atoms with Crippen LogP contribution in [0.4, 0.5) is 0 Å². The lowest BCUT2D eigenvalue weighted by molar-refractivity contribution is -0.130. The minimum Gasteiger partial charge on any atom is -0.490 e. The molecule has 112 heavy (non-hydrogen) atoms. The van der Waals surface area contributed by atoms with Gasteiger partial charge in [-0.15, -0.1) is 0 Å². The van der Waals surface area contributed by atoms with Gasteiger partial charge in [0.1, 0.15) is 17.3 Å². The Hall–Kier alpha value is -7.85. The zero-order valence-electron chi connectivity index (χ0n) is 70.3. The Kier molecular flexibility index (Phi) is 43.6. The molecule has 0 saturated carbocycles. The van der Waals surface area contributed by atoms with Crippen molar-refractivity contribution in [1.29, 1.82) is 0 Å². The number of Topliss-reactive ketones (excluding diaryl/α,β-unsaturated/α-hetero) is 8. The van der Waals surface area contributed by atoms with E-state index in [4.69, 9.17) is 23.7 Å². The van der Waals surface area contributed by atoms with Gasteiger partial charge in [-0.05, 0) is 240 Å². The fraction of sp³-hybridized carbons (Fsp3) is 0.577. The maximum Gasteiger partial charge on any atom is 0.203 e. The van der Waals surface area contributed by atoms with Gasteiger partial charge in [0.15, 0.2) is 40.4 Å². The lowest BCUT2D eigenvalue weighted by Gasteiger charge is -2.33. The Morgan fingerprint density at radius 1 is 0.393 bits per heavy atom. The SMILES string of the molecule is CCCCCCCOc1cc(C(=O)CCCCCC(=O)C(CCCCC(=O)c2cccc(C)c2C)(CCCCC(=O)c2cccc(C)c2C)CCCCC(=O)c2cccc(C)c2C)cc(OCCCCCOC)c1OCCCCCC(=O)CCCOCCCC(=O)Cc1ccc2cc(C(=O)CCCN(CC)CC)cnc2c1. The number of ketones is 8. The lowest BCUT2D eigenvalue weighted by Crippen LogP contribution is -2.32. The van der Waals surface area contributed by atoms with E-state index < -0.39 is 5.41 Å². The number of pyridine rings is 1. The van der Waals surface area contributed by atoms with E-state index >= 15 is 4.79 Å². The summed E-state index contributed by atoms with van der Waals surface area (Å²) in [4.78, 5) is 117. The summed E-state index contributed by atoms with van der Waals surface area (Å²) in [6.07, 6.45) is 25.1. The Labute approximate surface area is 672 Å². The van der Waals surface area contributed by atoms with Gasteiger partial charge < -0.3 is 28.6 Å². The number of nitrogens with zero attached hydrogens (tertiary/aromatic N) is 2. The number of hydrogen-bond acceptors (Lipinski definition) is 15. The van der Waals surface area contributed by atoms with Crippen LogP contribution in [0.25, 0.3) is 10.9 Å². The maximum absolute atomic E-state index is 15.3. The van der Waals surface area contributed by atoms with Crippen molar-refractivity contribution in [2.45, 2.75) is 293 Å². The second-order valence-corrected chi connectivity index (χ2v) is 31.3. The van der Waals surface area contributed by atoms with Crippen molar-refractivity contribution in [1.82, 2.24) is 9.88 Å². The highest BCUT2D eigenvalue weighted by molar-refractivity contribution is 6.00. The van der Waals surface area contributed by atoms with Crippen LogP contribution in [0.2, 0.25) is 0 Å². The number of benzene rings is 5. The summed E-state index contributed by atoms with van der Waals surface area (Å²) >= 11 is 0. The van der Waals surface area contributed by atoms with Crippen LogP contribution in [0.3, 0.4) is 0 Å². The minimum absolute atomic E-state index is 0.0515. The zero-order chi connectivity index (χ0) is 80.9. The van der Waals surface area contributed by atoms with Crippen LogP contribution < -0.4 is 14.2 Å². The molecule has 1 heterocycles. The van der Waals surface area contributed by atoms with Gasteiger partial charge in [-0.3, -0.25) is 43.3 Å². The van der Waals surface area contributed by atoms with Crippen LogP contribution in [0, 0.1) is 47.0 Å². The predicted molar refractivity (Wildman–Crippen MR) is 453 cm³/mol. The molecule has 0 N–H and O–H groups in total. The third kappa shape index (κ3) is 32.6. The molecular formula is C97H136N2O13. The highest BCUT2D eigenvalue weighted by atomic mass is 16.5. The normalized spacial score (nSPS) is 11.6. The van der Waals surface area contributed by atoms with Crippen molar-refractivity contribution < 1.29 is 62.0 Å². The summed E-state index contributed by atoms with van der Waals surface area (Å²) in [6, 6.07) is 28.9. The summed E-state index contributed by atoms with van der Waals surface area (Å²) in [5, 5.41) is 0.884. The van der Waals surface area contributed by atoms with Crippen molar-refractivity contribution in [3.8, 4) is 17.2 Å². The van der Waals surface area contributed by atoms with E-state index in [2.05, 4.69) is 30.7 Å². The number of carbonyl (C=O) groups is 8. The van der Waals surface area contributed by atoms with E-state index in [1.54, 1.807) is 25.4 Å². The molecule has 0 fully saturated rings. The van der Waals surface area contributed by atoms with Gasteiger partial charge in [0.25, 0.3) is 0 Å². The predicted octanol–water partition coefficient (Wildman–Crippen LogP) is 22.9. The Balaban J connectivity index is 1.03. The molecule has 15 heteroatoms. The number of methoxy groups -OCH3 is 1. The number of aromatic nitrogens is 1. The van der Waals surface area contributed by atoms with E-state index in [1.165, 1.54) is 0 Å². The Morgan fingerprint density at radius 3 is 1.37 bits per heavy atom. The molecular weight excluding hydrogens is 1400 g/mol. The molecule has 0 radical (unpaired) electrons. The number of aryl methyl sites for hydroxylation is 3. The third-order valence-corrected chi connectivity index (χ3v) is 22.7. The summed E-state index contributed by atoms with van der Waals surface area (Å²) in [7, 11) is 1.70. The van der Waals surface area contributed by atoms with Crippen LogP contribution in [0.1, 0.15) is 336 Å². The molecule has 0 bridgehead atoms. The van der Waals surface area contributed by atoms with Gasteiger partial charge in [-0.1, -0.05) is 139 Å². The van der Waals surface area contributed by atoms with Crippen molar-refractivity contribution in [3.63, 3.8) is 0 Å². The second kappa shape index (κ2) is 52.5. The first-order valence-electron chi connectivity index (χ1n) is 42.9. The highest BCUT2D eigenvalue weighted by Crippen LogP contribution is 2.42. The van der Waals surface area contributed by atoms with Crippen molar-refractivity contribution >= 4 is 57.2 Å². The molecule has 0 spiro atoms. The smallest absolute Gasteiger partial charge is 0.203 e. The first-order valence-corrected chi connectivity index (χ1v) is 42.9. The standard InChI is InChI=1S/C97H136N2O13/c1-11-14-15-16-30-63-110-93-69-80(70-94(111-64-32-19-29-60-108-10)96(93)112-65-31-18-20-42-82(100)43-37-61-109-62-38-44-83(101)66-78-54-55-79-68-81(71-98-87(79)67-78)89(103)52-36-59-99(12-2)13-3)88(102)48-21-17-22-53-95(107)97(56-26-23-49-90(104)84-45-33-39-72(4)75(84)7,57-27-24-50-91(105)85-46-34-40-73(5)76(85)8)58-28-25-51-92(106)86-47-35-41-74(6)77(86)9/h33-35,39-41,45-47,54-55,67-71H,11-32,36-38,42-44,48-53,56-66H2,1-10H3. The molecule has 6 rings (SSSR count). The molecule has 612 valence electrons. The average Bonchev–Trinajstić information content (AvgIpc) is 0.811. The molecule has 0 saturated heterocycles. The minimum atomic E-state index is -0.715. The number of carbonyl (C=O) groups excluding carboxylic acids is 8. The average molecular weight is 1540 g/mol. The molecule has 1 aromatic heterocycles. The van der Waals surface area contributed by atoms with Crippen LogP contribution >= 0.6 is 0 Å². The van der Waals surface area contributed by atoms with Crippen LogP contribution in [0.15, 0.2) is 97.2 Å². The molecule has 5 aromatic carbocycles. The summed E-state index contributed by atoms with van der Waals surface area (Å²) in [5.41, 5.74) is 10.5. The van der Waals surface area contributed by atoms with E-state index in [-0.39, 0.29) is 52.7 Å². The fourth-order valence-electron chi connectivity index (χ4n) is 15.1. The van der Waals surface area contributed by atoms with E-state index in [0.717, 1.165) is 157 Å². The molecule has 0 aliphatic carbocycles. The molecule has 0 unspecified atom stereocenters. The number of hydrogen-bond donors (Lipinski definition) is 0. The Morgan fingerprint density at radius 2 is 0.830 bits per heavy atom. The molecule has 6 aromatic rings. The first kappa shape index (κ1) is 93.0. The molecule has 0 amide bonds. The van der Waals surface area contributed by atoms with Gasteiger partial charge >= 0.3 is 0 Å². The zero-order valence-corrected chi connectivity index (χ0v) is 70.3. The number of unbranched alkanes of at least 4 members (excludes halogenated alkanes) is 13. The second-order valence-electron chi connectivity index (χ2n) is 31.3. The van der Waals surface area contributed by atoms with Gasteiger partial charge in [0, 0.05) is 136 Å². The van der Waals surface area contributed by atoms with E-state index in [9.17, 15) is 33.6 Å². The van der Waals surface area contributed by atoms with Crippen molar-refractivity contribution in [2.24, 2.45) is 5.41 Å². The van der Waals surface area contributed by atoms with Crippen LogP contribution in [0.5, 0.6) is 17.2 Å². The molecule has 0 aliphatic heterocycles. The fourth-order valence-corrected chi connectivity index (χ4v) is 15.1. The third-order valence-electron chi connectivity index (χ3n) is 22.7. The molecule has 15 nitrogen and oxygen atoms in total. The molecule has 0 aliphatic rings. The molecule has 0 atom stereocenters. The largest absolute Gasteiger partial charge is 0.490 e. The first-order chi connectivity index (χ1) is 54.2. The summed E-state index contributed by atoms with van der Waals surface area (Å²) in [5.74, 6) is 2.26. The van der Waals surface area contributed by atoms with E-state index in [0.29, 0.717) is 222 Å². The number of fused-ring (bicyclic) bond motifs is 1. The van der Waals surface area contributed by atoms with Gasteiger partial charge in [0.05, 0.1) is 25.3 Å². The van der Waals surface area contributed by atoms with Gasteiger partial charge in [-0.25, -0.2) is 0 Å². The van der Waals surface area contributed by atoms with Crippen molar-refractivity contribution in [3.05, 3.63) is 164 Å². The topological polar surface area (TPSA) is 199 Å². The lowest BCUT2D eigenvalue weighted by atomic mass is 9.69. The Bertz CT molecular complexity index is 3710.